The Hall–Kier alpha value is -3.18. The van der Waals surface area contributed by atoms with Gasteiger partial charge in [0, 0.05) is 35.3 Å². The fourth-order valence-electron chi connectivity index (χ4n) is 2.17. The van der Waals surface area contributed by atoms with Gasteiger partial charge in [0.1, 0.15) is 5.69 Å². The van der Waals surface area contributed by atoms with Crippen LogP contribution in [0.5, 0.6) is 0 Å². The van der Waals surface area contributed by atoms with Gasteiger partial charge >= 0.3 is 0 Å². The van der Waals surface area contributed by atoms with E-state index in [1.165, 1.54) is 0 Å². The highest BCUT2D eigenvalue weighted by atomic mass is 16.1. The average Bonchev–Trinajstić information content (AvgIpc) is 2.92. The van der Waals surface area contributed by atoms with Crippen LogP contribution >= 0.6 is 0 Å². The third-order valence-electron chi connectivity index (χ3n) is 3.13. The molecular weight excluding hydrogens is 268 g/mol. The first kappa shape index (κ1) is 12.8. The second-order valence-electron chi connectivity index (χ2n) is 4.43. The molecule has 0 aliphatic carbocycles. The van der Waals surface area contributed by atoms with Crippen LogP contribution in [0.15, 0.2) is 47.8 Å². The van der Waals surface area contributed by atoms with Crippen molar-refractivity contribution in [1.29, 1.82) is 0 Å². The fraction of sp³-hybridized carbons (Fsp3) is 0.0714. The number of amides is 1. The van der Waals surface area contributed by atoms with Crippen molar-refractivity contribution in [2.45, 2.75) is 0 Å². The normalized spacial score (nSPS) is 10.3. The minimum atomic E-state index is -0.633. The molecular formula is C14H10N6O. The lowest BCUT2D eigenvalue weighted by Crippen LogP contribution is -2.01. The Balaban J connectivity index is 2.32. The van der Waals surface area contributed by atoms with Crippen LogP contribution in [-0.4, -0.2) is 20.4 Å². The summed E-state index contributed by atoms with van der Waals surface area (Å²) < 4.78 is 1.80. The molecule has 102 valence electrons. The number of rotatable bonds is 2. The standard InChI is InChI=1S/C14H10N6O/c1-20-7-6-16-13(20)12-8-10(14(21)18-19-15)9-4-2-3-5-11(9)17-12/h2-8H,1H3. The van der Waals surface area contributed by atoms with Crippen LogP contribution < -0.4 is 0 Å². The maximum Gasteiger partial charge on any atom is 0.249 e. The van der Waals surface area contributed by atoms with Crippen LogP contribution in [-0.2, 0) is 7.05 Å². The van der Waals surface area contributed by atoms with E-state index >= 15 is 0 Å². The minimum absolute atomic E-state index is 0.316. The lowest BCUT2D eigenvalue weighted by Gasteiger charge is -2.07. The monoisotopic (exact) mass is 278 g/mol. The molecule has 3 rings (SSSR count). The van der Waals surface area contributed by atoms with E-state index in [2.05, 4.69) is 20.0 Å². The smallest absolute Gasteiger partial charge is 0.249 e. The molecule has 0 aliphatic heterocycles. The molecule has 0 unspecified atom stereocenters. The Kier molecular flexibility index (Phi) is 3.10. The van der Waals surface area contributed by atoms with Gasteiger partial charge < -0.3 is 4.57 Å². The Bertz CT molecular complexity index is 891. The van der Waals surface area contributed by atoms with Crippen molar-refractivity contribution < 1.29 is 4.79 Å². The molecule has 1 aromatic carbocycles. The zero-order valence-corrected chi connectivity index (χ0v) is 11.1. The first-order valence-corrected chi connectivity index (χ1v) is 6.17. The number of azide groups is 1. The Morgan fingerprint density at radius 2 is 2.19 bits per heavy atom. The van der Waals surface area contributed by atoms with Crippen LogP contribution in [0.4, 0.5) is 0 Å². The number of benzene rings is 1. The summed E-state index contributed by atoms with van der Waals surface area (Å²) in [6, 6.07) is 8.80. The molecule has 0 spiro atoms. The SMILES string of the molecule is Cn1ccnc1-c1cc(C(=O)N=[N+]=[N-])c2ccccc2n1. The Morgan fingerprint density at radius 1 is 1.38 bits per heavy atom. The molecule has 2 heterocycles. The van der Waals surface area contributed by atoms with Crippen molar-refractivity contribution in [3.8, 4) is 11.5 Å². The van der Waals surface area contributed by atoms with Gasteiger partial charge in [-0.2, -0.15) is 0 Å². The van der Waals surface area contributed by atoms with Gasteiger partial charge in [0.25, 0.3) is 0 Å². The topological polar surface area (TPSA) is 96.5 Å². The molecule has 0 saturated carbocycles. The lowest BCUT2D eigenvalue weighted by molar-refractivity contribution is 0.100. The fourth-order valence-corrected chi connectivity index (χ4v) is 2.17. The van der Waals surface area contributed by atoms with Crippen LogP contribution in [0.1, 0.15) is 10.4 Å². The van der Waals surface area contributed by atoms with Gasteiger partial charge in [-0.1, -0.05) is 18.2 Å². The molecule has 0 N–H and O–H groups in total. The first-order valence-electron chi connectivity index (χ1n) is 6.17. The van der Waals surface area contributed by atoms with Gasteiger partial charge in [-0.3, -0.25) is 4.79 Å². The molecule has 0 aliphatic rings. The molecule has 7 heteroatoms. The summed E-state index contributed by atoms with van der Waals surface area (Å²) >= 11 is 0. The number of hydrogen-bond acceptors (Lipinski definition) is 3. The molecule has 0 fully saturated rings. The van der Waals surface area contributed by atoms with Crippen molar-refractivity contribution in [2.24, 2.45) is 12.2 Å². The predicted octanol–water partition coefficient (Wildman–Crippen LogP) is 3.09. The molecule has 0 atom stereocenters. The minimum Gasteiger partial charge on any atom is -0.333 e. The summed E-state index contributed by atoms with van der Waals surface area (Å²) in [6.45, 7) is 0. The van der Waals surface area contributed by atoms with E-state index in [1.54, 1.807) is 41.2 Å². The van der Waals surface area contributed by atoms with E-state index < -0.39 is 5.91 Å². The summed E-state index contributed by atoms with van der Waals surface area (Å²) in [6.07, 6.45) is 3.45. The van der Waals surface area contributed by atoms with Crippen molar-refractivity contribution in [3.05, 3.63) is 58.7 Å². The lowest BCUT2D eigenvalue weighted by atomic mass is 10.1. The van der Waals surface area contributed by atoms with E-state index in [0.717, 1.165) is 0 Å². The van der Waals surface area contributed by atoms with Gasteiger partial charge in [0.2, 0.25) is 5.91 Å². The molecule has 21 heavy (non-hydrogen) atoms. The number of carbonyl (C=O) groups is 1. The predicted molar refractivity (Wildman–Crippen MR) is 77.4 cm³/mol. The summed E-state index contributed by atoms with van der Waals surface area (Å²) in [5.74, 6) is 0.00213. The highest BCUT2D eigenvalue weighted by Crippen LogP contribution is 2.24. The maximum absolute atomic E-state index is 12.0. The molecule has 0 saturated heterocycles. The maximum atomic E-state index is 12.0. The van der Waals surface area contributed by atoms with Crippen LogP contribution in [0.2, 0.25) is 0 Å². The number of hydrogen-bond donors (Lipinski definition) is 0. The van der Waals surface area contributed by atoms with Crippen molar-refractivity contribution >= 4 is 16.8 Å². The molecule has 7 nitrogen and oxygen atoms in total. The van der Waals surface area contributed by atoms with Crippen LogP contribution in [0.25, 0.3) is 32.9 Å². The van der Waals surface area contributed by atoms with Crippen LogP contribution in [0.3, 0.4) is 0 Å². The Labute approximate surface area is 119 Å². The number of aromatic nitrogens is 3. The number of fused-ring (bicyclic) bond motifs is 1. The van der Waals surface area contributed by atoms with Gasteiger partial charge in [0.05, 0.1) is 5.52 Å². The first-order chi connectivity index (χ1) is 10.2. The number of aryl methyl sites for hydroxylation is 1. The number of nitrogens with zero attached hydrogens (tertiary/aromatic N) is 6. The van der Waals surface area contributed by atoms with E-state index in [4.69, 9.17) is 5.53 Å². The van der Waals surface area contributed by atoms with Gasteiger partial charge in [-0.05, 0) is 22.8 Å². The summed E-state index contributed by atoms with van der Waals surface area (Å²) in [7, 11) is 1.84. The molecule has 1 amide bonds. The number of pyridine rings is 1. The number of imidazole rings is 1. The largest absolute Gasteiger partial charge is 0.333 e. The highest BCUT2D eigenvalue weighted by molar-refractivity contribution is 6.07. The van der Waals surface area contributed by atoms with Crippen molar-refractivity contribution in [3.63, 3.8) is 0 Å². The molecule has 0 radical (unpaired) electrons. The van der Waals surface area contributed by atoms with Crippen molar-refractivity contribution in [1.82, 2.24) is 14.5 Å². The number of carbonyl (C=O) groups excluding carboxylic acids is 1. The van der Waals surface area contributed by atoms with Crippen LogP contribution in [0, 0.1) is 0 Å². The Morgan fingerprint density at radius 3 is 2.90 bits per heavy atom. The number of para-hydroxylation sites is 1. The summed E-state index contributed by atoms with van der Waals surface area (Å²) in [4.78, 5) is 23.3. The van der Waals surface area contributed by atoms with E-state index in [0.29, 0.717) is 28.0 Å². The highest BCUT2D eigenvalue weighted by Gasteiger charge is 2.14. The van der Waals surface area contributed by atoms with Crippen molar-refractivity contribution in [2.75, 3.05) is 0 Å². The average molecular weight is 278 g/mol. The third kappa shape index (κ3) is 2.22. The molecule has 0 bridgehead atoms. The zero-order chi connectivity index (χ0) is 14.8. The quantitative estimate of drug-likeness (QED) is 0.409. The van der Waals surface area contributed by atoms with Gasteiger partial charge in [-0.25, -0.2) is 9.97 Å². The summed E-state index contributed by atoms with van der Waals surface area (Å²) in [5, 5.41) is 3.82. The van der Waals surface area contributed by atoms with E-state index in [1.807, 2.05) is 13.1 Å². The summed E-state index contributed by atoms with van der Waals surface area (Å²) in [5.41, 5.74) is 9.99. The zero-order valence-electron chi connectivity index (χ0n) is 11.1. The third-order valence-corrected chi connectivity index (χ3v) is 3.13. The van der Waals surface area contributed by atoms with E-state index in [-0.39, 0.29) is 0 Å². The molecule has 2 aromatic heterocycles. The van der Waals surface area contributed by atoms with Gasteiger partial charge in [-0.15, -0.1) is 0 Å². The second-order valence-corrected chi connectivity index (χ2v) is 4.43. The van der Waals surface area contributed by atoms with E-state index in [9.17, 15) is 4.79 Å². The second kappa shape index (κ2) is 5.07. The van der Waals surface area contributed by atoms with Gasteiger partial charge in [0.15, 0.2) is 5.82 Å². The molecule has 3 aromatic rings.